The number of Topliss-reactive ketones (excluding diaryl/α,β-unsaturated/α-hetero) is 1. The molecule has 1 aromatic heterocycles. The van der Waals surface area contributed by atoms with E-state index < -0.39 is 5.92 Å². The number of carbonyl (C=O) groups excluding carboxylic acids is 1. The number of fused-ring (bicyclic) bond motifs is 1. The van der Waals surface area contributed by atoms with Crippen molar-refractivity contribution in [1.82, 2.24) is 14.8 Å². The van der Waals surface area contributed by atoms with Gasteiger partial charge in [-0.3, -0.25) is 4.79 Å². The maximum atomic E-state index is 12.4. The highest BCUT2D eigenvalue weighted by Gasteiger charge is 2.37. The number of ketones is 1. The summed E-state index contributed by atoms with van der Waals surface area (Å²) < 4.78 is 13.2. The van der Waals surface area contributed by atoms with E-state index in [1.165, 1.54) is 6.33 Å². The van der Waals surface area contributed by atoms with Crippen molar-refractivity contribution < 1.29 is 14.3 Å². The van der Waals surface area contributed by atoms with Crippen LogP contribution in [0.5, 0.6) is 11.5 Å². The standard InChI is InChI=1S/C22H22N4O3/c1-14-20(15(2)27)21(26-22(25-14)23-13-24-26)17-9-10-18(19(11-17)28-3)29-12-16-7-5-4-6-8-16/h4-11,13,20-21H,1,12H2,2-3H3,(H,23,24,25). The third-order valence-corrected chi connectivity index (χ3v) is 5.00. The second-order valence-electron chi connectivity index (χ2n) is 6.90. The van der Waals surface area contributed by atoms with Crippen LogP contribution in [0.15, 0.2) is 67.1 Å². The van der Waals surface area contributed by atoms with E-state index >= 15 is 0 Å². The van der Waals surface area contributed by atoms with Gasteiger partial charge in [0.2, 0.25) is 5.95 Å². The molecular formula is C22H22N4O3. The smallest absolute Gasteiger partial charge is 0.226 e. The van der Waals surface area contributed by atoms with Crippen molar-refractivity contribution in [3.63, 3.8) is 0 Å². The molecule has 0 saturated heterocycles. The molecule has 1 aliphatic heterocycles. The Morgan fingerprint density at radius 3 is 2.72 bits per heavy atom. The Hall–Kier alpha value is -3.61. The number of nitrogens with zero attached hydrogens (tertiary/aromatic N) is 3. The Morgan fingerprint density at radius 2 is 2.00 bits per heavy atom. The molecule has 0 bridgehead atoms. The summed E-state index contributed by atoms with van der Waals surface area (Å²) in [6.45, 7) is 6.02. The lowest BCUT2D eigenvalue weighted by Gasteiger charge is -2.33. The Balaban J connectivity index is 1.67. The summed E-state index contributed by atoms with van der Waals surface area (Å²) in [6, 6.07) is 15.2. The highest BCUT2D eigenvalue weighted by Crippen LogP contribution is 2.40. The number of rotatable bonds is 6. The summed E-state index contributed by atoms with van der Waals surface area (Å²) >= 11 is 0. The quantitative estimate of drug-likeness (QED) is 0.693. The van der Waals surface area contributed by atoms with Crippen molar-refractivity contribution in [2.45, 2.75) is 19.6 Å². The van der Waals surface area contributed by atoms with Crippen LogP contribution in [0, 0.1) is 5.92 Å². The van der Waals surface area contributed by atoms with Crippen molar-refractivity contribution >= 4 is 11.7 Å². The number of hydrogen-bond donors (Lipinski definition) is 1. The predicted octanol–water partition coefficient (Wildman–Crippen LogP) is 3.60. The average molecular weight is 390 g/mol. The minimum Gasteiger partial charge on any atom is -0.493 e. The third kappa shape index (κ3) is 3.59. The van der Waals surface area contributed by atoms with E-state index in [0.29, 0.717) is 29.8 Å². The molecule has 2 unspecified atom stereocenters. The van der Waals surface area contributed by atoms with Crippen molar-refractivity contribution in [3.05, 3.63) is 78.3 Å². The van der Waals surface area contributed by atoms with Gasteiger partial charge in [-0.25, -0.2) is 4.68 Å². The molecule has 0 aliphatic carbocycles. The van der Waals surface area contributed by atoms with Gasteiger partial charge in [-0.1, -0.05) is 43.0 Å². The Bertz CT molecular complexity index is 1050. The molecule has 3 aromatic rings. The molecule has 2 aromatic carbocycles. The zero-order chi connectivity index (χ0) is 20.4. The number of methoxy groups -OCH3 is 1. The highest BCUT2D eigenvalue weighted by molar-refractivity contribution is 5.83. The lowest BCUT2D eigenvalue weighted by atomic mass is 9.86. The largest absolute Gasteiger partial charge is 0.493 e. The van der Waals surface area contributed by atoms with E-state index in [4.69, 9.17) is 9.47 Å². The molecule has 0 amide bonds. The zero-order valence-corrected chi connectivity index (χ0v) is 16.3. The number of carbonyl (C=O) groups is 1. The van der Waals surface area contributed by atoms with E-state index in [-0.39, 0.29) is 11.8 Å². The van der Waals surface area contributed by atoms with Gasteiger partial charge in [0.05, 0.1) is 19.1 Å². The minimum atomic E-state index is -0.468. The number of ether oxygens (including phenoxy) is 2. The van der Waals surface area contributed by atoms with Crippen molar-refractivity contribution in [2.75, 3.05) is 12.4 Å². The molecule has 29 heavy (non-hydrogen) atoms. The van der Waals surface area contributed by atoms with Crippen LogP contribution in [0.4, 0.5) is 5.95 Å². The molecular weight excluding hydrogens is 368 g/mol. The first-order valence-electron chi connectivity index (χ1n) is 9.29. The molecule has 2 heterocycles. The summed E-state index contributed by atoms with van der Waals surface area (Å²) in [7, 11) is 1.60. The zero-order valence-electron chi connectivity index (χ0n) is 16.3. The van der Waals surface area contributed by atoms with Gasteiger partial charge in [-0.05, 0) is 30.2 Å². The van der Waals surface area contributed by atoms with Gasteiger partial charge in [0.1, 0.15) is 18.7 Å². The monoisotopic (exact) mass is 390 g/mol. The van der Waals surface area contributed by atoms with Crippen LogP contribution < -0.4 is 14.8 Å². The van der Waals surface area contributed by atoms with E-state index in [2.05, 4.69) is 22.0 Å². The van der Waals surface area contributed by atoms with Gasteiger partial charge in [0.15, 0.2) is 11.5 Å². The lowest BCUT2D eigenvalue weighted by Crippen LogP contribution is -2.36. The van der Waals surface area contributed by atoms with Crippen LogP contribution in [0.25, 0.3) is 0 Å². The SMILES string of the molecule is C=C1Nc2ncnn2C(c2ccc(OCc3ccccc3)c(OC)c2)C1C(C)=O. The third-order valence-electron chi connectivity index (χ3n) is 5.00. The first-order valence-corrected chi connectivity index (χ1v) is 9.29. The summed E-state index contributed by atoms with van der Waals surface area (Å²) in [5, 5.41) is 7.38. The predicted molar refractivity (Wildman–Crippen MR) is 109 cm³/mol. The Morgan fingerprint density at radius 1 is 1.21 bits per heavy atom. The van der Waals surface area contributed by atoms with Crippen molar-refractivity contribution in [1.29, 1.82) is 0 Å². The molecule has 4 rings (SSSR count). The second-order valence-corrected chi connectivity index (χ2v) is 6.90. The number of allylic oxidation sites excluding steroid dienone is 1. The molecule has 0 radical (unpaired) electrons. The summed E-state index contributed by atoms with van der Waals surface area (Å²) in [4.78, 5) is 16.6. The van der Waals surface area contributed by atoms with E-state index in [0.717, 1.165) is 11.1 Å². The van der Waals surface area contributed by atoms with Crippen LogP contribution >= 0.6 is 0 Å². The summed E-state index contributed by atoms with van der Waals surface area (Å²) in [5.41, 5.74) is 2.53. The fourth-order valence-electron chi connectivity index (χ4n) is 3.62. The van der Waals surface area contributed by atoms with Gasteiger partial charge in [0.25, 0.3) is 0 Å². The van der Waals surface area contributed by atoms with E-state index in [1.807, 2.05) is 48.5 Å². The minimum absolute atomic E-state index is 0.00276. The van der Waals surface area contributed by atoms with Crippen LogP contribution in [-0.2, 0) is 11.4 Å². The summed E-state index contributed by atoms with van der Waals surface area (Å²) in [5.74, 6) is 1.31. The first-order chi connectivity index (χ1) is 14.1. The molecule has 148 valence electrons. The van der Waals surface area contributed by atoms with Crippen molar-refractivity contribution in [2.24, 2.45) is 5.92 Å². The molecule has 2 atom stereocenters. The Kier molecular flexibility index (Phi) is 5.03. The topological polar surface area (TPSA) is 78.3 Å². The fourth-order valence-corrected chi connectivity index (χ4v) is 3.62. The highest BCUT2D eigenvalue weighted by atomic mass is 16.5. The van der Waals surface area contributed by atoms with Gasteiger partial charge >= 0.3 is 0 Å². The second kappa shape index (κ2) is 7.79. The van der Waals surface area contributed by atoms with Gasteiger partial charge < -0.3 is 14.8 Å². The maximum Gasteiger partial charge on any atom is 0.226 e. The van der Waals surface area contributed by atoms with Crippen LogP contribution in [0.3, 0.4) is 0 Å². The average Bonchev–Trinajstić information content (AvgIpc) is 3.19. The van der Waals surface area contributed by atoms with E-state index in [9.17, 15) is 4.79 Å². The van der Waals surface area contributed by atoms with Crippen LogP contribution in [0.1, 0.15) is 24.1 Å². The molecule has 1 N–H and O–H groups in total. The van der Waals surface area contributed by atoms with E-state index in [1.54, 1.807) is 18.7 Å². The van der Waals surface area contributed by atoms with Crippen LogP contribution in [0.2, 0.25) is 0 Å². The molecule has 7 heteroatoms. The van der Waals surface area contributed by atoms with Crippen molar-refractivity contribution in [3.8, 4) is 11.5 Å². The maximum absolute atomic E-state index is 12.4. The number of anilines is 1. The van der Waals surface area contributed by atoms with Crippen LogP contribution in [-0.4, -0.2) is 27.7 Å². The lowest BCUT2D eigenvalue weighted by molar-refractivity contribution is -0.120. The number of hydrogen-bond acceptors (Lipinski definition) is 6. The molecule has 1 aliphatic rings. The molecule has 0 spiro atoms. The number of benzene rings is 2. The van der Waals surface area contributed by atoms with Gasteiger partial charge in [-0.2, -0.15) is 10.1 Å². The van der Waals surface area contributed by atoms with Gasteiger partial charge in [0, 0.05) is 5.70 Å². The normalized spacial score (nSPS) is 17.9. The number of aromatic nitrogens is 3. The van der Waals surface area contributed by atoms with Gasteiger partial charge in [-0.15, -0.1) is 0 Å². The fraction of sp³-hybridized carbons (Fsp3) is 0.227. The summed E-state index contributed by atoms with van der Waals surface area (Å²) in [6.07, 6.45) is 1.46. The Labute approximate surface area is 169 Å². The molecule has 7 nitrogen and oxygen atoms in total. The molecule has 0 fully saturated rings. The first kappa shape index (κ1) is 18.7. The number of nitrogens with one attached hydrogen (secondary N) is 1. The molecule has 0 saturated carbocycles.